The van der Waals surface area contributed by atoms with Gasteiger partial charge in [0, 0.05) is 6.42 Å². The topological polar surface area (TPSA) is 40.9 Å². The smallest absolute Gasteiger partial charge is 0.155 e. The summed E-state index contributed by atoms with van der Waals surface area (Å²) >= 11 is 0. The zero-order valence-corrected chi connectivity index (χ0v) is 15.5. The summed E-state index contributed by atoms with van der Waals surface area (Å²) < 4.78 is 0. The molecule has 5 aliphatic rings. The lowest BCUT2D eigenvalue weighted by Crippen LogP contribution is -2.51. The quantitative estimate of drug-likeness (QED) is 0.686. The highest BCUT2D eigenvalue weighted by Crippen LogP contribution is 2.68. The molecule has 7 atom stereocenters. The summed E-state index contributed by atoms with van der Waals surface area (Å²) in [6.45, 7) is 2.35. The lowest BCUT2D eigenvalue weighted by molar-refractivity contribution is -0.116. The summed E-state index contributed by atoms with van der Waals surface area (Å²) in [5, 5.41) is 9.80. The number of fused-ring (bicyclic) bond motifs is 5. The number of rotatable bonds is 2. The molecule has 0 aromatic heterocycles. The molecule has 0 N–H and O–H groups in total. The van der Waals surface area contributed by atoms with Gasteiger partial charge in [-0.15, -0.1) is 0 Å². The van der Waals surface area contributed by atoms with E-state index in [-0.39, 0.29) is 0 Å². The summed E-state index contributed by atoms with van der Waals surface area (Å²) in [4.78, 5) is 12.0. The zero-order valence-electron chi connectivity index (χ0n) is 15.5. The Labute approximate surface area is 152 Å². The number of carbonyl (C=O) groups excluding carboxylic acids is 1. The van der Waals surface area contributed by atoms with E-state index < -0.39 is 0 Å². The van der Waals surface area contributed by atoms with Gasteiger partial charge in [-0.05, 0) is 105 Å². The van der Waals surface area contributed by atoms with E-state index in [4.69, 9.17) is 0 Å². The van der Waals surface area contributed by atoms with Crippen molar-refractivity contribution in [1.29, 1.82) is 5.26 Å². The van der Waals surface area contributed by atoms with Crippen LogP contribution in [0.5, 0.6) is 0 Å². The maximum absolute atomic E-state index is 12.0. The molecule has 0 aromatic carbocycles. The van der Waals surface area contributed by atoms with Gasteiger partial charge < -0.3 is 0 Å². The maximum Gasteiger partial charge on any atom is 0.155 e. The molecule has 1 unspecified atom stereocenters. The standard InChI is InChI=1S/C23H31NO/c1-2-23-10-9-19-18-7-6-17(25)11-15(18)12-20(14-3-4-14)22(19)21(23)8-5-16(23)13-24/h11,14,16,18-22H,2-10,12H2,1H3/t16-,18+,19-,20+,21+,22+,23?/m1/s1. The minimum atomic E-state index is 0.299. The van der Waals surface area contributed by atoms with Crippen LogP contribution in [0.1, 0.15) is 71.1 Å². The van der Waals surface area contributed by atoms with Crippen molar-refractivity contribution >= 4 is 5.78 Å². The minimum absolute atomic E-state index is 0.299. The molecule has 0 aliphatic heterocycles. The fourth-order valence-electron chi connectivity index (χ4n) is 7.99. The summed E-state index contributed by atoms with van der Waals surface area (Å²) in [5.41, 5.74) is 1.84. The molecule has 0 saturated heterocycles. The largest absolute Gasteiger partial charge is 0.295 e. The van der Waals surface area contributed by atoms with Crippen LogP contribution in [0.4, 0.5) is 0 Å². The van der Waals surface area contributed by atoms with Crippen molar-refractivity contribution in [2.75, 3.05) is 0 Å². The molecule has 5 rings (SSSR count). The Hall–Kier alpha value is -1.10. The normalized spacial score (nSPS) is 48.8. The van der Waals surface area contributed by atoms with Gasteiger partial charge in [-0.3, -0.25) is 4.79 Å². The second-order valence-electron chi connectivity index (χ2n) is 9.77. The average molecular weight is 338 g/mol. The summed E-state index contributed by atoms with van der Waals surface area (Å²) in [6, 6.07) is 2.72. The molecule has 0 aromatic rings. The second kappa shape index (κ2) is 5.70. The monoisotopic (exact) mass is 337 g/mol. The van der Waals surface area contributed by atoms with Crippen LogP contribution < -0.4 is 0 Å². The van der Waals surface area contributed by atoms with E-state index in [2.05, 4.69) is 13.0 Å². The van der Waals surface area contributed by atoms with Crippen molar-refractivity contribution in [2.45, 2.75) is 71.1 Å². The van der Waals surface area contributed by atoms with Crippen LogP contribution in [-0.4, -0.2) is 5.78 Å². The van der Waals surface area contributed by atoms with Crippen LogP contribution in [-0.2, 0) is 4.79 Å². The van der Waals surface area contributed by atoms with Crippen molar-refractivity contribution in [1.82, 2.24) is 0 Å². The van der Waals surface area contributed by atoms with Crippen LogP contribution in [0.15, 0.2) is 11.6 Å². The van der Waals surface area contributed by atoms with Gasteiger partial charge in [0.1, 0.15) is 0 Å². The van der Waals surface area contributed by atoms with Crippen molar-refractivity contribution < 1.29 is 4.79 Å². The lowest BCUT2D eigenvalue weighted by Gasteiger charge is -2.57. The lowest BCUT2D eigenvalue weighted by atomic mass is 9.47. The molecule has 4 fully saturated rings. The first-order chi connectivity index (χ1) is 12.2. The van der Waals surface area contributed by atoms with E-state index in [1.54, 1.807) is 0 Å². The van der Waals surface area contributed by atoms with Gasteiger partial charge in [-0.1, -0.05) is 12.5 Å². The van der Waals surface area contributed by atoms with Crippen molar-refractivity contribution in [3.05, 3.63) is 11.6 Å². The van der Waals surface area contributed by atoms with Crippen molar-refractivity contribution in [3.63, 3.8) is 0 Å². The molecule has 0 amide bonds. The fraction of sp³-hybridized carbons (Fsp3) is 0.826. The van der Waals surface area contributed by atoms with E-state index in [1.165, 1.54) is 50.5 Å². The van der Waals surface area contributed by atoms with Gasteiger partial charge >= 0.3 is 0 Å². The Kier molecular flexibility index (Phi) is 3.67. The second-order valence-corrected chi connectivity index (χ2v) is 9.77. The molecule has 0 radical (unpaired) electrons. The van der Waals surface area contributed by atoms with Gasteiger partial charge in [0.2, 0.25) is 0 Å². The van der Waals surface area contributed by atoms with Crippen LogP contribution in [0.25, 0.3) is 0 Å². The summed E-state index contributed by atoms with van der Waals surface area (Å²) in [5.74, 6) is 5.53. The summed E-state index contributed by atoms with van der Waals surface area (Å²) in [7, 11) is 0. The molecule has 134 valence electrons. The van der Waals surface area contributed by atoms with Gasteiger partial charge in [-0.25, -0.2) is 0 Å². The molecule has 25 heavy (non-hydrogen) atoms. The molecule has 4 saturated carbocycles. The third-order valence-electron chi connectivity index (χ3n) is 9.15. The molecular weight excluding hydrogens is 306 g/mol. The van der Waals surface area contributed by atoms with Crippen LogP contribution in [0, 0.1) is 58.2 Å². The Balaban J connectivity index is 1.54. The SMILES string of the molecule is CCC12CC[C@H]3[C@@H]([C@H](C4CC4)CC4=CC(=O)CC[C@@H]43)[C@@H]1CC[C@@H]2C#N. The number of allylic oxidation sites excluding steroid dienone is 1. The molecule has 5 aliphatic carbocycles. The van der Waals surface area contributed by atoms with Crippen molar-refractivity contribution in [2.24, 2.45) is 46.8 Å². The molecule has 2 nitrogen and oxygen atoms in total. The predicted molar refractivity (Wildman–Crippen MR) is 97.4 cm³/mol. The van der Waals surface area contributed by atoms with Gasteiger partial charge in [0.25, 0.3) is 0 Å². The highest BCUT2D eigenvalue weighted by atomic mass is 16.1. The molecule has 2 heteroatoms. The number of hydrogen-bond donors (Lipinski definition) is 0. The molecule has 0 heterocycles. The van der Waals surface area contributed by atoms with E-state index in [0.29, 0.717) is 23.0 Å². The number of hydrogen-bond acceptors (Lipinski definition) is 2. The molecule has 0 bridgehead atoms. The summed E-state index contributed by atoms with van der Waals surface area (Å²) in [6.07, 6.45) is 14.2. The molecular formula is C23H31NO. The highest BCUT2D eigenvalue weighted by Gasteiger charge is 2.61. The predicted octanol–water partition coefficient (Wildman–Crippen LogP) is 5.29. The first-order valence-electron chi connectivity index (χ1n) is 10.8. The maximum atomic E-state index is 12.0. The van der Waals surface area contributed by atoms with Crippen LogP contribution in [0.3, 0.4) is 0 Å². The van der Waals surface area contributed by atoms with Gasteiger partial charge in [0.05, 0.1) is 12.0 Å². The Morgan fingerprint density at radius 2 is 2.00 bits per heavy atom. The molecule has 0 spiro atoms. The van der Waals surface area contributed by atoms with E-state index in [9.17, 15) is 10.1 Å². The number of carbonyl (C=O) groups is 1. The van der Waals surface area contributed by atoms with Crippen LogP contribution >= 0.6 is 0 Å². The van der Waals surface area contributed by atoms with E-state index in [0.717, 1.165) is 48.9 Å². The van der Waals surface area contributed by atoms with Crippen molar-refractivity contribution in [3.8, 4) is 6.07 Å². The minimum Gasteiger partial charge on any atom is -0.295 e. The number of ketones is 1. The average Bonchev–Trinajstić information content (AvgIpc) is 3.40. The van der Waals surface area contributed by atoms with Gasteiger partial charge in [0.15, 0.2) is 5.78 Å². The third kappa shape index (κ3) is 2.23. The third-order valence-corrected chi connectivity index (χ3v) is 9.15. The van der Waals surface area contributed by atoms with E-state index in [1.807, 2.05) is 6.08 Å². The number of nitrogens with zero attached hydrogens (tertiary/aromatic N) is 1. The fourth-order valence-corrected chi connectivity index (χ4v) is 7.99. The van der Waals surface area contributed by atoms with Crippen LogP contribution in [0.2, 0.25) is 0 Å². The first-order valence-corrected chi connectivity index (χ1v) is 10.8. The highest BCUT2D eigenvalue weighted by molar-refractivity contribution is 5.91. The Morgan fingerprint density at radius 3 is 2.72 bits per heavy atom. The Morgan fingerprint density at radius 1 is 1.16 bits per heavy atom. The Bertz CT molecular complexity index is 653. The first kappa shape index (κ1) is 16.1. The number of nitriles is 1. The van der Waals surface area contributed by atoms with Gasteiger partial charge in [-0.2, -0.15) is 5.26 Å². The van der Waals surface area contributed by atoms with E-state index >= 15 is 0 Å². The zero-order chi connectivity index (χ0) is 17.2.